The van der Waals surface area contributed by atoms with E-state index in [4.69, 9.17) is 4.42 Å². The topological polar surface area (TPSA) is 42.6 Å². The van der Waals surface area contributed by atoms with Crippen molar-refractivity contribution in [2.75, 3.05) is 0 Å². The summed E-state index contributed by atoms with van der Waals surface area (Å²) in [5, 5.41) is -0.0306. The SMILES string of the molecule is O=C1SC(SCc2ccccc2)=NC1=Cc1ccco1. The zero-order chi connectivity index (χ0) is 13.8. The van der Waals surface area contributed by atoms with Gasteiger partial charge in [-0.15, -0.1) is 0 Å². The molecular formula is C15H11NO2S2. The summed E-state index contributed by atoms with van der Waals surface area (Å²) >= 11 is 2.76. The van der Waals surface area contributed by atoms with Crippen LogP contribution >= 0.6 is 23.5 Å². The van der Waals surface area contributed by atoms with Crippen molar-refractivity contribution in [3.63, 3.8) is 0 Å². The van der Waals surface area contributed by atoms with Crippen LogP contribution in [-0.4, -0.2) is 9.49 Å². The van der Waals surface area contributed by atoms with Crippen molar-refractivity contribution in [3.8, 4) is 0 Å². The molecule has 5 heteroatoms. The molecule has 1 aliphatic rings. The summed E-state index contributed by atoms with van der Waals surface area (Å²) in [4.78, 5) is 16.2. The Hall–Kier alpha value is -1.72. The van der Waals surface area contributed by atoms with Crippen LogP contribution in [-0.2, 0) is 10.5 Å². The maximum absolute atomic E-state index is 11.8. The number of aliphatic imine (C=N–C) groups is 1. The van der Waals surface area contributed by atoms with Crippen LogP contribution in [0.25, 0.3) is 6.08 Å². The molecular weight excluding hydrogens is 290 g/mol. The highest BCUT2D eigenvalue weighted by Gasteiger charge is 2.22. The van der Waals surface area contributed by atoms with Crippen molar-refractivity contribution in [3.05, 3.63) is 65.7 Å². The first-order valence-electron chi connectivity index (χ1n) is 6.04. The van der Waals surface area contributed by atoms with Gasteiger partial charge in [0.25, 0.3) is 0 Å². The first-order chi connectivity index (χ1) is 9.81. The Morgan fingerprint density at radius 2 is 2.05 bits per heavy atom. The average Bonchev–Trinajstić information content (AvgIpc) is 3.09. The lowest BCUT2D eigenvalue weighted by Crippen LogP contribution is -1.87. The molecule has 0 N–H and O–H groups in total. The molecule has 20 heavy (non-hydrogen) atoms. The average molecular weight is 301 g/mol. The molecule has 100 valence electrons. The largest absolute Gasteiger partial charge is 0.465 e. The van der Waals surface area contributed by atoms with E-state index in [1.165, 1.54) is 17.3 Å². The highest BCUT2D eigenvalue weighted by Crippen LogP contribution is 2.32. The van der Waals surface area contributed by atoms with Crippen LogP contribution in [0.15, 0.2) is 63.8 Å². The lowest BCUT2D eigenvalue weighted by Gasteiger charge is -1.98. The summed E-state index contributed by atoms with van der Waals surface area (Å²) in [5.41, 5.74) is 1.66. The van der Waals surface area contributed by atoms with E-state index in [1.54, 1.807) is 36.2 Å². The summed E-state index contributed by atoms with van der Waals surface area (Å²) in [6.07, 6.45) is 3.25. The molecule has 0 fully saturated rings. The minimum absolute atomic E-state index is 0.0306. The minimum atomic E-state index is -0.0306. The zero-order valence-corrected chi connectivity index (χ0v) is 12.1. The van der Waals surface area contributed by atoms with Crippen LogP contribution in [0.3, 0.4) is 0 Å². The fourth-order valence-corrected chi connectivity index (χ4v) is 3.48. The van der Waals surface area contributed by atoms with E-state index in [2.05, 4.69) is 17.1 Å². The molecule has 3 nitrogen and oxygen atoms in total. The van der Waals surface area contributed by atoms with Crippen molar-refractivity contribution in [2.45, 2.75) is 5.75 Å². The van der Waals surface area contributed by atoms with Gasteiger partial charge in [0.2, 0.25) is 5.12 Å². The molecule has 1 aliphatic heterocycles. The number of furan rings is 1. The van der Waals surface area contributed by atoms with Crippen molar-refractivity contribution in [1.82, 2.24) is 0 Å². The van der Waals surface area contributed by atoms with Gasteiger partial charge in [-0.05, 0) is 29.5 Å². The van der Waals surface area contributed by atoms with Crippen molar-refractivity contribution >= 4 is 39.1 Å². The number of benzene rings is 1. The van der Waals surface area contributed by atoms with Gasteiger partial charge in [0.1, 0.15) is 15.8 Å². The van der Waals surface area contributed by atoms with E-state index in [-0.39, 0.29) is 5.12 Å². The van der Waals surface area contributed by atoms with E-state index in [1.807, 2.05) is 18.2 Å². The normalized spacial score (nSPS) is 16.7. The predicted octanol–water partition coefficient (Wildman–Crippen LogP) is 4.18. The Bertz CT molecular complexity index is 660. The molecule has 1 aromatic carbocycles. The highest BCUT2D eigenvalue weighted by molar-refractivity contribution is 8.45. The van der Waals surface area contributed by atoms with Crippen LogP contribution in [0.5, 0.6) is 0 Å². The second-order valence-electron chi connectivity index (χ2n) is 4.09. The van der Waals surface area contributed by atoms with E-state index in [0.29, 0.717) is 11.5 Å². The van der Waals surface area contributed by atoms with E-state index in [0.717, 1.165) is 10.1 Å². The molecule has 0 atom stereocenters. The molecule has 2 aromatic rings. The standard InChI is InChI=1S/C15H11NO2S2/c17-14-13(9-12-7-4-8-18-12)16-15(20-14)19-10-11-5-2-1-3-6-11/h1-9H,10H2. The zero-order valence-electron chi connectivity index (χ0n) is 10.5. The number of rotatable bonds is 3. The molecule has 3 rings (SSSR count). The molecule has 0 radical (unpaired) electrons. The monoisotopic (exact) mass is 301 g/mol. The van der Waals surface area contributed by atoms with Gasteiger partial charge in [-0.2, -0.15) is 0 Å². The van der Waals surface area contributed by atoms with Gasteiger partial charge in [-0.1, -0.05) is 42.1 Å². The summed E-state index contributed by atoms with van der Waals surface area (Å²) in [5.74, 6) is 1.46. The first kappa shape index (κ1) is 13.3. The third kappa shape index (κ3) is 3.23. The minimum Gasteiger partial charge on any atom is -0.465 e. The highest BCUT2D eigenvalue weighted by atomic mass is 32.2. The summed E-state index contributed by atoms with van der Waals surface area (Å²) in [7, 11) is 0. The number of nitrogens with zero attached hydrogens (tertiary/aromatic N) is 1. The number of hydrogen-bond donors (Lipinski definition) is 0. The summed E-state index contributed by atoms with van der Waals surface area (Å²) in [6.45, 7) is 0. The Kier molecular flexibility index (Phi) is 4.08. The van der Waals surface area contributed by atoms with Gasteiger partial charge in [0, 0.05) is 11.8 Å². The second-order valence-corrected chi connectivity index (χ2v) is 6.27. The number of carbonyl (C=O) groups is 1. The first-order valence-corrected chi connectivity index (χ1v) is 7.84. The quantitative estimate of drug-likeness (QED) is 0.797. The second kappa shape index (κ2) is 6.15. The van der Waals surface area contributed by atoms with Crippen LogP contribution in [0.2, 0.25) is 0 Å². The predicted molar refractivity (Wildman–Crippen MR) is 84.5 cm³/mol. The number of carbonyl (C=O) groups excluding carboxylic acids is 1. The van der Waals surface area contributed by atoms with Gasteiger partial charge in [0.15, 0.2) is 0 Å². The molecule has 0 saturated carbocycles. The van der Waals surface area contributed by atoms with Crippen molar-refractivity contribution in [1.29, 1.82) is 0 Å². The third-order valence-electron chi connectivity index (χ3n) is 2.63. The van der Waals surface area contributed by atoms with Crippen LogP contribution in [0, 0.1) is 0 Å². The fourth-order valence-electron chi connectivity index (χ4n) is 1.68. The number of thioether (sulfide) groups is 2. The molecule has 0 bridgehead atoms. The Morgan fingerprint density at radius 1 is 1.20 bits per heavy atom. The van der Waals surface area contributed by atoms with Crippen LogP contribution in [0.4, 0.5) is 0 Å². The van der Waals surface area contributed by atoms with Crippen LogP contribution < -0.4 is 0 Å². The Balaban J connectivity index is 1.68. The van der Waals surface area contributed by atoms with Gasteiger partial charge >= 0.3 is 0 Å². The van der Waals surface area contributed by atoms with Crippen molar-refractivity contribution in [2.24, 2.45) is 4.99 Å². The van der Waals surface area contributed by atoms with Gasteiger partial charge in [0.05, 0.1) is 6.26 Å². The van der Waals surface area contributed by atoms with E-state index in [9.17, 15) is 4.79 Å². The Morgan fingerprint density at radius 3 is 2.80 bits per heavy atom. The molecule has 1 aromatic heterocycles. The molecule has 0 saturated heterocycles. The third-order valence-corrected chi connectivity index (χ3v) is 4.71. The van der Waals surface area contributed by atoms with Gasteiger partial charge in [-0.25, -0.2) is 4.99 Å². The molecule has 0 aliphatic carbocycles. The lowest BCUT2D eigenvalue weighted by atomic mass is 10.2. The van der Waals surface area contributed by atoms with Crippen molar-refractivity contribution < 1.29 is 9.21 Å². The lowest BCUT2D eigenvalue weighted by molar-refractivity contribution is -0.107. The molecule has 2 heterocycles. The molecule has 0 amide bonds. The van der Waals surface area contributed by atoms with E-state index >= 15 is 0 Å². The maximum Gasteiger partial charge on any atom is 0.244 e. The van der Waals surface area contributed by atoms with Crippen LogP contribution in [0.1, 0.15) is 11.3 Å². The maximum atomic E-state index is 11.8. The smallest absolute Gasteiger partial charge is 0.244 e. The van der Waals surface area contributed by atoms with E-state index < -0.39 is 0 Å². The Labute approximate surface area is 125 Å². The fraction of sp³-hybridized carbons (Fsp3) is 0.0667. The van der Waals surface area contributed by atoms with Gasteiger partial charge in [-0.3, -0.25) is 4.79 Å². The molecule has 0 unspecified atom stereocenters. The number of hydrogen-bond acceptors (Lipinski definition) is 5. The van der Waals surface area contributed by atoms with Gasteiger partial charge < -0.3 is 4.42 Å². The summed E-state index contributed by atoms with van der Waals surface area (Å²) < 4.78 is 5.98. The summed E-state index contributed by atoms with van der Waals surface area (Å²) in [6, 6.07) is 13.7. The molecule has 0 spiro atoms.